The van der Waals surface area contributed by atoms with Gasteiger partial charge in [0.2, 0.25) is 0 Å². The van der Waals surface area contributed by atoms with E-state index in [2.05, 4.69) is 172 Å². The molecular formula is C66H106NO8P. The highest BCUT2D eigenvalue weighted by Crippen LogP contribution is 2.43. The topological polar surface area (TPSA) is 134 Å². The minimum absolute atomic E-state index is 0.0400. The molecule has 9 nitrogen and oxygen atoms in total. The molecule has 2 unspecified atom stereocenters. The molecule has 0 aromatic rings. The summed E-state index contributed by atoms with van der Waals surface area (Å²) < 4.78 is 32.9. The fraction of sp³-hybridized carbons (Fsp3) is 0.576. The Bertz CT molecular complexity index is 1790. The van der Waals surface area contributed by atoms with Gasteiger partial charge in [0, 0.05) is 19.4 Å². The lowest BCUT2D eigenvalue weighted by atomic mass is 10.1. The summed E-state index contributed by atoms with van der Waals surface area (Å²) in [5.41, 5.74) is 5.37. The summed E-state index contributed by atoms with van der Waals surface area (Å²) in [7, 11) is -4.40. The molecule has 0 rings (SSSR count). The quantitative estimate of drug-likeness (QED) is 0.0264. The molecule has 0 saturated carbocycles. The minimum Gasteiger partial charge on any atom is -0.462 e. The molecule has 0 spiro atoms. The van der Waals surface area contributed by atoms with E-state index in [9.17, 15) is 19.0 Å². The summed E-state index contributed by atoms with van der Waals surface area (Å²) in [4.78, 5) is 35.1. The molecule has 0 saturated heterocycles. The predicted molar refractivity (Wildman–Crippen MR) is 325 cm³/mol. The first-order valence-corrected chi connectivity index (χ1v) is 31.0. The highest BCUT2D eigenvalue weighted by molar-refractivity contribution is 7.47. The molecule has 0 radical (unpaired) electrons. The molecule has 3 N–H and O–H groups in total. The maximum absolute atomic E-state index is 12.7. The van der Waals surface area contributed by atoms with Crippen LogP contribution >= 0.6 is 7.82 Å². The average molecular weight is 1070 g/mol. The number of rotatable bonds is 53. The summed E-state index contributed by atoms with van der Waals surface area (Å²) in [6.07, 6.45) is 87.4. The largest absolute Gasteiger partial charge is 0.472 e. The van der Waals surface area contributed by atoms with Crippen LogP contribution in [0.2, 0.25) is 0 Å². The van der Waals surface area contributed by atoms with Crippen LogP contribution in [0.15, 0.2) is 158 Å². The van der Waals surface area contributed by atoms with E-state index in [0.717, 1.165) is 135 Å². The van der Waals surface area contributed by atoms with Gasteiger partial charge >= 0.3 is 19.8 Å². The van der Waals surface area contributed by atoms with Crippen LogP contribution in [-0.4, -0.2) is 49.3 Å². The lowest BCUT2D eigenvalue weighted by Gasteiger charge is -2.19. The highest BCUT2D eigenvalue weighted by Gasteiger charge is 2.26. The van der Waals surface area contributed by atoms with Crippen molar-refractivity contribution >= 4 is 19.8 Å². The van der Waals surface area contributed by atoms with Crippen LogP contribution in [0.5, 0.6) is 0 Å². The van der Waals surface area contributed by atoms with E-state index in [1.165, 1.54) is 38.5 Å². The summed E-state index contributed by atoms with van der Waals surface area (Å²) in [6.45, 7) is 3.55. The van der Waals surface area contributed by atoms with Gasteiger partial charge in [-0.15, -0.1) is 0 Å². The standard InChI is InChI=1S/C66H106NO8P/c1-3-5-7-9-11-13-15-17-19-20-21-22-23-24-25-26-27-28-29-30-31-32-33-34-35-36-37-38-39-40-41-42-43-44-45-47-49-51-53-55-57-59-66(69)75-64(63-74-76(70,71)73-61-60-67)62-72-65(68)58-56-54-52-50-48-46-18-16-14-12-10-8-6-4-2/h5,7,11,13,16-19,21-22,24-25,27-28,30-31,33-34,36-37,39-40,42-43,45,47,64H,3-4,6,8-10,12,14-15,20,23,26,29,32,35,38,41,44,46,48-63,67H2,1-2H3,(H,70,71)/b7-5-,13-11-,18-16-,19-17-,22-21-,25-24-,28-27-,31-30-,34-33-,37-36-,40-39-,43-42-,47-45-. The van der Waals surface area contributed by atoms with Gasteiger partial charge in [0.05, 0.1) is 13.2 Å². The maximum atomic E-state index is 12.7. The predicted octanol–water partition coefficient (Wildman–Crippen LogP) is 18.9. The van der Waals surface area contributed by atoms with Gasteiger partial charge in [0.1, 0.15) is 6.61 Å². The first kappa shape index (κ1) is 71.6. The van der Waals surface area contributed by atoms with Crippen molar-refractivity contribution in [1.82, 2.24) is 0 Å². The lowest BCUT2D eigenvalue weighted by molar-refractivity contribution is -0.161. The van der Waals surface area contributed by atoms with E-state index in [4.69, 9.17) is 24.3 Å². The van der Waals surface area contributed by atoms with Crippen molar-refractivity contribution < 1.29 is 37.6 Å². The average Bonchev–Trinajstić information content (AvgIpc) is 3.41. The summed E-state index contributed by atoms with van der Waals surface area (Å²) in [6, 6.07) is 0. The Morgan fingerprint density at radius 3 is 1.09 bits per heavy atom. The third kappa shape index (κ3) is 58.9. The van der Waals surface area contributed by atoms with Crippen molar-refractivity contribution in [1.29, 1.82) is 0 Å². The van der Waals surface area contributed by atoms with E-state index in [1.54, 1.807) is 0 Å². The number of ether oxygens (including phenoxy) is 2. The number of phosphoric acid groups is 1. The molecule has 0 heterocycles. The molecule has 0 aromatic carbocycles. The van der Waals surface area contributed by atoms with Gasteiger partial charge in [0.15, 0.2) is 6.10 Å². The van der Waals surface area contributed by atoms with Gasteiger partial charge < -0.3 is 20.1 Å². The Kier molecular flexibility index (Phi) is 56.4. The molecule has 0 aliphatic heterocycles. The third-order valence-electron chi connectivity index (χ3n) is 11.6. The number of esters is 2. The van der Waals surface area contributed by atoms with Gasteiger partial charge in [-0.2, -0.15) is 0 Å². The van der Waals surface area contributed by atoms with Crippen molar-refractivity contribution in [3.05, 3.63) is 158 Å². The van der Waals surface area contributed by atoms with Crippen molar-refractivity contribution in [2.75, 3.05) is 26.4 Å². The normalized spacial score (nSPS) is 14.2. The zero-order valence-electron chi connectivity index (χ0n) is 47.7. The number of carbonyl (C=O) groups excluding carboxylic acids is 2. The highest BCUT2D eigenvalue weighted by atomic mass is 31.2. The number of phosphoric ester groups is 1. The van der Waals surface area contributed by atoms with Gasteiger partial charge in [0.25, 0.3) is 0 Å². The van der Waals surface area contributed by atoms with Crippen LogP contribution in [0.25, 0.3) is 0 Å². The number of hydrogen-bond acceptors (Lipinski definition) is 8. The SMILES string of the molecule is CC/C=C\C/C=C\C/C=C\C/C=C\C/C=C\C/C=C\C/C=C\C/C=C\C/C=C\C/C=C\C/C=C\C/C=C\CCCCCCC(=O)OC(COC(=O)CCCCCCC/C=C\CCCCCCC)COP(=O)(O)OCCN. The molecule has 0 aliphatic carbocycles. The Morgan fingerprint density at radius 1 is 0.408 bits per heavy atom. The monoisotopic (exact) mass is 1070 g/mol. The Hall–Kier alpha value is -4.37. The molecule has 10 heteroatoms. The minimum atomic E-state index is -4.40. The van der Waals surface area contributed by atoms with Crippen molar-refractivity contribution in [3.63, 3.8) is 0 Å². The Morgan fingerprint density at radius 2 is 0.724 bits per heavy atom. The smallest absolute Gasteiger partial charge is 0.462 e. The molecule has 0 amide bonds. The van der Waals surface area contributed by atoms with Crippen LogP contribution in [0.4, 0.5) is 0 Å². The lowest BCUT2D eigenvalue weighted by Crippen LogP contribution is -2.29. The number of nitrogens with two attached hydrogens (primary N) is 1. The van der Waals surface area contributed by atoms with E-state index in [-0.39, 0.29) is 32.6 Å². The first-order valence-electron chi connectivity index (χ1n) is 29.5. The molecule has 0 aromatic heterocycles. The second-order valence-corrected chi connectivity index (χ2v) is 20.2. The molecular weight excluding hydrogens is 966 g/mol. The van der Waals surface area contributed by atoms with E-state index >= 15 is 0 Å². The van der Waals surface area contributed by atoms with Gasteiger partial charge in [-0.3, -0.25) is 18.6 Å². The van der Waals surface area contributed by atoms with E-state index < -0.39 is 32.5 Å². The van der Waals surface area contributed by atoms with Crippen LogP contribution in [-0.2, 0) is 32.7 Å². The third-order valence-corrected chi connectivity index (χ3v) is 12.6. The summed E-state index contributed by atoms with van der Waals surface area (Å²) >= 11 is 0. The Labute approximate surface area is 464 Å². The van der Waals surface area contributed by atoms with Gasteiger partial charge in [-0.25, -0.2) is 4.57 Å². The number of carbonyl (C=O) groups is 2. The fourth-order valence-corrected chi connectivity index (χ4v) is 8.08. The molecule has 428 valence electrons. The zero-order valence-corrected chi connectivity index (χ0v) is 48.6. The van der Waals surface area contributed by atoms with E-state index in [0.29, 0.717) is 12.8 Å². The van der Waals surface area contributed by atoms with Crippen LogP contribution in [0, 0.1) is 0 Å². The molecule has 0 fully saturated rings. The zero-order chi connectivity index (χ0) is 55.2. The first-order chi connectivity index (χ1) is 37.3. The maximum Gasteiger partial charge on any atom is 0.472 e. The molecule has 2 atom stereocenters. The number of hydrogen-bond donors (Lipinski definition) is 2. The molecule has 0 bridgehead atoms. The summed E-state index contributed by atoms with van der Waals surface area (Å²) in [5, 5.41) is 0. The van der Waals surface area contributed by atoms with Crippen molar-refractivity contribution in [2.24, 2.45) is 5.73 Å². The van der Waals surface area contributed by atoms with Gasteiger partial charge in [-0.1, -0.05) is 230 Å². The second-order valence-electron chi connectivity index (χ2n) is 18.8. The van der Waals surface area contributed by atoms with Crippen LogP contribution < -0.4 is 5.73 Å². The van der Waals surface area contributed by atoms with E-state index in [1.807, 2.05) is 0 Å². The molecule has 76 heavy (non-hydrogen) atoms. The number of unbranched alkanes of at least 4 members (excludes halogenated alkanes) is 14. The van der Waals surface area contributed by atoms with Crippen LogP contribution in [0.1, 0.15) is 213 Å². The summed E-state index contributed by atoms with van der Waals surface area (Å²) in [5.74, 6) is -0.879. The Balaban J connectivity index is 4.06. The van der Waals surface area contributed by atoms with Crippen molar-refractivity contribution in [2.45, 2.75) is 219 Å². The second kappa shape index (κ2) is 59.9. The fourth-order valence-electron chi connectivity index (χ4n) is 7.32. The van der Waals surface area contributed by atoms with Crippen LogP contribution in [0.3, 0.4) is 0 Å². The van der Waals surface area contributed by atoms with Gasteiger partial charge in [-0.05, 0) is 128 Å². The molecule has 0 aliphatic rings. The van der Waals surface area contributed by atoms with Crippen molar-refractivity contribution in [3.8, 4) is 0 Å². The number of allylic oxidation sites excluding steroid dienone is 26.